The summed E-state index contributed by atoms with van der Waals surface area (Å²) in [5, 5.41) is 0. The van der Waals surface area contributed by atoms with Crippen molar-refractivity contribution in [2.24, 2.45) is 17.3 Å². The van der Waals surface area contributed by atoms with Gasteiger partial charge in [-0.25, -0.2) is 0 Å². The highest BCUT2D eigenvalue weighted by Gasteiger charge is 2.41. The lowest BCUT2D eigenvalue weighted by Crippen LogP contribution is -2.42. The summed E-state index contributed by atoms with van der Waals surface area (Å²) in [7, 11) is 3.21. The van der Waals surface area contributed by atoms with E-state index in [9.17, 15) is 9.59 Å². The van der Waals surface area contributed by atoms with Gasteiger partial charge in [0, 0.05) is 26.1 Å². The van der Waals surface area contributed by atoms with E-state index in [1.54, 1.807) is 14.2 Å². The Balaban J connectivity index is 4.65. The molecule has 6 heteroatoms. The third-order valence-electron chi connectivity index (χ3n) is 4.09. The first-order chi connectivity index (χ1) is 10.6. The molecule has 0 N–H and O–H groups in total. The fourth-order valence-corrected chi connectivity index (χ4v) is 2.43. The van der Waals surface area contributed by atoms with Crippen LogP contribution < -0.4 is 0 Å². The summed E-state index contributed by atoms with van der Waals surface area (Å²) in [6.45, 7) is 6.60. The molecule has 0 saturated carbocycles. The van der Waals surface area contributed by atoms with Crippen molar-refractivity contribution < 1.29 is 28.5 Å². The van der Waals surface area contributed by atoms with E-state index in [2.05, 4.69) is 0 Å². The molecule has 0 aliphatic heterocycles. The molecule has 130 valence electrons. The smallest absolute Gasteiger partial charge is 0.127 e. The molecular formula is C16H30O6. The van der Waals surface area contributed by atoms with Gasteiger partial charge in [0.2, 0.25) is 0 Å². The minimum absolute atomic E-state index is 0.0897. The minimum atomic E-state index is -0.776. The lowest BCUT2D eigenvalue weighted by molar-refractivity contribution is -0.132. The van der Waals surface area contributed by atoms with Crippen molar-refractivity contribution in [3.8, 4) is 0 Å². The average molecular weight is 318 g/mol. The van der Waals surface area contributed by atoms with Crippen molar-refractivity contribution in [2.75, 3.05) is 53.9 Å². The van der Waals surface area contributed by atoms with Crippen LogP contribution in [0, 0.1) is 17.3 Å². The first-order valence-electron chi connectivity index (χ1n) is 7.62. The number of hydrogen-bond donors (Lipinski definition) is 0. The quantitative estimate of drug-likeness (QED) is 0.335. The van der Waals surface area contributed by atoms with Crippen LogP contribution in [0.25, 0.3) is 0 Å². The van der Waals surface area contributed by atoms with Gasteiger partial charge in [-0.2, -0.15) is 0 Å². The van der Waals surface area contributed by atoms with Crippen molar-refractivity contribution in [3.05, 3.63) is 0 Å². The van der Waals surface area contributed by atoms with Gasteiger partial charge in [-0.05, 0) is 11.8 Å². The lowest BCUT2D eigenvalue weighted by Gasteiger charge is -2.38. The molecule has 0 heterocycles. The lowest BCUT2D eigenvalue weighted by atomic mass is 9.67. The molecule has 0 rings (SSSR count). The third-order valence-corrected chi connectivity index (χ3v) is 4.09. The summed E-state index contributed by atoms with van der Waals surface area (Å²) in [5.41, 5.74) is -0.776. The monoisotopic (exact) mass is 318 g/mol. The number of methoxy groups -OCH3 is 2. The highest BCUT2D eigenvalue weighted by molar-refractivity contribution is 5.67. The van der Waals surface area contributed by atoms with Gasteiger partial charge in [-0.1, -0.05) is 13.8 Å². The number of hydrogen-bond acceptors (Lipinski definition) is 6. The van der Waals surface area contributed by atoms with E-state index in [1.807, 2.05) is 13.8 Å². The molecule has 2 atom stereocenters. The molecule has 0 radical (unpaired) electrons. The van der Waals surface area contributed by atoms with Crippen LogP contribution in [0.4, 0.5) is 0 Å². The number of ether oxygens (including phenoxy) is 4. The molecule has 0 aromatic rings. The highest BCUT2D eigenvalue weighted by Crippen LogP contribution is 2.37. The summed E-state index contributed by atoms with van der Waals surface area (Å²) in [6, 6.07) is 0. The summed E-state index contributed by atoms with van der Waals surface area (Å²) in [4.78, 5) is 22.8. The topological polar surface area (TPSA) is 71.1 Å². The summed E-state index contributed by atoms with van der Waals surface area (Å²) in [6.07, 6.45) is 1.85. The van der Waals surface area contributed by atoms with E-state index in [1.165, 1.54) is 0 Å². The number of carbonyl (C=O) groups is 2. The first kappa shape index (κ1) is 21.2. The van der Waals surface area contributed by atoms with E-state index in [0.29, 0.717) is 39.6 Å². The number of carbonyl (C=O) groups excluding carboxylic acids is 2. The van der Waals surface area contributed by atoms with E-state index in [0.717, 1.165) is 12.6 Å². The van der Waals surface area contributed by atoms with Crippen LogP contribution in [-0.4, -0.2) is 66.4 Å². The van der Waals surface area contributed by atoms with Crippen molar-refractivity contribution in [1.29, 1.82) is 0 Å². The molecule has 6 nitrogen and oxygen atoms in total. The second kappa shape index (κ2) is 12.7. The van der Waals surface area contributed by atoms with Gasteiger partial charge in [-0.15, -0.1) is 0 Å². The summed E-state index contributed by atoms with van der Waals surface area (Å²) < 4.78 is 20.9. The molecule has 0 saturated heterocycles. The van der Waals surface area contributed by atoms with Gasteiger partial charge in [0.15, 0.2) is 0 Å². The zero-order valence-electron chi connectivity index (χ0n) is 14.2. The molecule has 0 spiro atoms. The maximum absolute atomic E-state index is 11.8. The molecule has 2 unspecified atom stereocenters. The van der Waals surface area contributed by atoms with Gasteiger partial charge < -0.3 is 28.5 Å². The van der Waals surface area contributed by atoms with Crippen molar-refractivity contribution in [1.82, 2.24) is 0 Å². The maximum Gasteiger partial charge on any atom is 0.127 e. The molecule has 0 aliphatic rings. The summed E-state index contributed by atoms with van der Waals surface area (Å²) in [5.74, 6) is -0.179. The van der Waals surface area contributed by atoms with Crippen molar-refractivity contribution in [3.63, 3.8) is 0 Å². The molecule has 0 fully saturated rings. The average Bonchev–Trinajstić information content (AvgIpc) is 2.53. The zero-order valence-corrected chi connectivity index (χ0v) is 14.2. The van der Waals surface area contributed by atoms with Gasteiger partial charge in [0.25, 0.3) is 0 Å². The molecule has 0 bridgehead atoms. The Labute approximate surface area is 133 Å². The van der Waals surface area contributed by atoms with E-state index >= 15 is 0 Å². The zero-order chi connectivity index (χ0) is 16.8. The first-order valence-corrected chi connectivity index (χ1v) is 7.62. The van der Waals surface area contributed by atoms with Crippen LogP contribution >= 0.6 is 0 Å². The third kappa shape index (κ3) is 6.96. The van der Waals surface area contributed by atoms with Crippen LogP contribution in [0.1, 0.15) is 20.3 Å². The maximum atomic E-state index is 11.8. The Bertz CT molecular complexity index is 276. The fourth-order valence-electron chi connectivity index (χ4n) is 2.43. The van der Waals surface area contributed by atoms with Crippen molar-refractivity contribution >= 4 is 12.6 Å². The largest absolute Gasteiger partial charge is 0.382 e. The molecule has 0 aromatic heterocycles. The standard InChI is InChI=1S/C16H30O6/c1-14(11-21-9-7-19-3)16(13-18,5-6-17)15(2)12-22-10-8-20-4/h6,13-15H,5,7-12H2,1-4H3. The Morgan fingerprint density at radius 2 is 1.32 bits per heavy atom. The second-order valence-electron chi connectivity index (χ2n) is 5.54. The molecule has 0 aromatic carbocycles. The van der Waals surface area contributed by atoms with Crippen LogP contribution in [-0.2, 0) is 28.5 Å². The highest BCUT2D eigenvalue weighted by atomic mass is 16.5. The second-order valence-corrected chi connectivity index (χ2v) is 5.54. The van der Waals surface area contributed by atoms with E-state index < -0.39 is 5.41 Å². The molecule has 0 amide bonds. The van der Waals surface area contributed by atoms with E-state index in [4.69, 9.17) is 18.9 Å². The van der Waals surface area contributed by atoms with Crippen LogP contribution in [0.15, 0.2) is 0 Å². The van der Waals surface area contributed by atoms with Gasteiger partial charge in [-0.3, -0.25) is 0 Å². The van der Waals surface area contributed by atoms with Crippen LogP contribution in [0.2, 0.25) is 0 Å². The Morgan fingerprint density at radius 3 is 1.64 bits per heavy atom. The fraction of sp³-hybridized carbons (Fsp3) is 0.875. The Hall–Kier alpha value is -0.820. The van der Waals surface area contributed by atoms with Gasteiger partial charge in [0.05, 0.1) is 39.6 Å². The minimum Gasteiger partial charge on any atom is -0.382 e. The van der Waals surface area contributed by atoms with Gasteiger partial charge in [0.1, 0.15) is 12.6 Å². The molecule has 0 aliphatic carbocycles. The van der Waals surface area contributed by atoms with E-state index in [-0.39, 0.29) is 18.3 Å². The van der Waals surface area contributed by atoms with Gasteiger partial charge >= 0.3 is 0 Å². The molecule has 22 heavy (non-hydrogen) atoms. The molecular weight excluding hydrogens is 288 g/mol. The SMILES string of the molecule is COCCOCC(C)C(C=O)(CC=O)C(C)COCCOC. The number of aldehydes is 2. The predicted octanol–water partition coefficient (Wildman–Crippen LogP) is 1.36. The van der Waals surface area contributed by atoms with Crippen molar-refractivity contribution in [2.45, 2.75) is 20.3 Å². The predicted molar refractivity (Wildman–Crippen MR) is 82.9 cm³/mol. The van der Waals surface area contributed by atoms with Crippen LogP contribution in [0.5, 0.6) is 0 Å². The Morgan fingerprint density at radius 1 is 0.864 bits per heavy atom. The number of rotatable bonds is 15. The summed E-state index contributed by atoms with van der Waals surface area (Å²) >= 11 is 0. The Kier molecular flexibility index (Phi) is 12.2. The normalized spacial score (nSPS) is 16.7. The van der Waals surface area contributed by atoms with Crippen LogP contribution in [0.3, 0.4) is 0 Å².